The van der Waals surface area contributed by atoms with Gasteiger partial charge >= 0.3 is 24.8 Å². The molecule has 0 fully saturated rings. The Hall–Kier alpha value is 0.417. The van der Waals surface area contributed by atoms with Crippen molar-refractivity contribution in [2.75, 3.05) is 12.4 Å². The molecule has 0 saturated heterocycles. The average Bonchev–Trinajstić information content (AvgIpc) is 1.68. The molecule has 0 aliphatic rings. The summed E-state index contributed by atoms with van der Waals surface area (Å²) in [6.07, 6.45) is 0. The third-order valence-corrected chi connectivity index (χ3v) is 0.693. The summed E-state index contributed by atoms with van der Waals surface area (Å²) in [7, 11) is 0. The molecule has 2 nitrogen and oxygen atoms in total. The van der Waals surface area contributed by atoms with E-state index in [0.717, 1.165) is 0 Å². The summed E-state index contributed by atoms with van der Waals surface area (Å²) in [5.74, 6) is -0.0840. The standard InChI is InChI=1S/C4H8O2S.Li.H/c1-2-6-4(5)3-7;;/h7H,2-3H2,1H3;;. The molecular weight excluding hydrogens is 119 g/mol. The van der Waals surface area contributed by atoms with Gasteiger partial charge in [0.05, 0.1) is 12.4 Å². The number of hydrogen-bond acceptors (Lipinski definition) is 3. The van der Waals surface area contributed by atoms with Gasteiger partial charge in [-0.05, 0) is 6.92 Å². The molecule has 0 aliphatic heterocycles. The minimum atomic E-state index is -0.258. The number of esters is 1. The van der Waals surface area contributed by atoms with Gasteiger partial charge in [0.2, 0.25) is 0 Å². The molecule has 0 saturated carbocycles. The van der Waals surface area contributed by atoms with Crippen LogP contribution in [0.25, 0.3) is 0 Å². The summed E-state index contributed by atoms with van der Waals surface area (Å²) in [5.41, 5.74) is 0. The van der Waals surface area contributed by atoms with Gasteiger partial charge in [-0.15, -0.1) is 0 Å². The van der Waals surface area contributed by atoms with E-state index >= 15 is 0 Å². The Morgan fingerprint density at radius 2 is 2.25 bits per heavy atom. The van der Waals surface area contributed by atoms with Gasteiger partial charge in [-0.2, -0.15) is 12.6 Å². The van der Waals surface area contributed by atoms with E-state index in [-0.39, 0.29) is 30.6 Å². The molecule has 0 aromatic heterocycles. The van der Waals surface area contributed by atoms with Crippen molar-refractivity contribution in [3.8, 4) is 0 Å². The summed E-state index contributed by atoms with van der Waals surface area (Å²) in [5, 5.41) is 0. The molecule has 0 rings (SSSR count). The van der Waals surface area contributed by atoms with Crippen LogP contribution in [0.1, 0.15) is 6.92 Å². The van der Waals surface area contributed by atoms with Crippen LogP contribution >= 0.6 is 12.6 Å². The molecule has 0 aromatic carbocycles. The first-order valence-corrected chi connectivity index (χ1v) is 2.71. The van der Waals surface area contributed by atoms with E-state index in [9.17, 15) is 4.79 Å². The number of carbonyl (C=O) groups is 1. The van der Waals surface area contributed by atoms with Crippen LogP contribution < -0.4 is 0 Å². The summed E-state index contributed by atoms with van der Waals surface area (Å²) < 4.78 is 4.48. The monoisotopic (exact) mass is 128 g/mol. The first-order valence-electron chi connectivity index (χ1n) is 2.07. The van der Waals surface area contributed by atoms with E-state index in [2.05, 4.69) is 17.4 Å². The van der Waals surface area contributed by atoms with Crippen molar-refractivity contribution in [1.82, 2.24) is 0 Å². The molecule has 0 heterocycles. The van der Waals surface area contributed by atoms with Crippen molar-refractivity contribution in [3.63, 3.8) is 0 Å². The Morgan fingerprint density at radius 1 is 1.75 bits per heavy atom. The number of rotatable bonds is 2. The Kier molecular flexibility index (Phi) is 10.4. The Balaban J connectivity index is 0. The normalized spacial score (nSPS) is 7.25. The fraction of sp³-hybridized carbons (Fsp3) is 0.750. The molecule has 0 amide bonds. The number of carbonyl (C=O) groups excluding carboxylic acids is 1. The van der Waals surface area contributed by atoms with Crippen LogP contribution in [-0.4, -0.2) is 37.2 Å². The SMILES string of the molecule is CCOC(=O)CS.[LiH]. The molecule has 0 radical (unpaired) electrons. The third kappa shape index (κ3) is 6.42. The molecule has 4 heteroatoms. The second-order valence-corrected chi connectivity index (χ2v) is 1.28. The van der Waals surface area contributed by atoms with Crippen LogP contribution in [0.2, 0.25) is 0 Å². The molecule has 0 unspecified atom stereocenters. The first-order chi connectivity index (χ1) is 3.31. The van der Waals surface area contributed by atoms with Crippen molar-refractivity contribution in [1.29, 1.82) is 0 Å². The third-order valence-electron chi connectivity index (χ3n) is 0.434. The summed E-state index contributed by atoms with van der Waals surface area (Å²) in [6.45, 7) is 2.21. The number of thiol groups is 1. The second kappa shape index (κ2) is 7.42. The Bertz CT molecular complexity index is 67.1. The van der Waals surface area contributed by atoms with Crippen molar-refractivity contribution in [2.24, 2.45) is 0 Å². The molecule has 0 aliphatic carbocycles. The van der Waals surface area contributed by atoms with Gasteiger partial charge < -0.3 is 4.74 Å². The van der Waals surface area contributed by atoms with Gasteiger partial charge in [0, 0.05) is 0 Å². The number of ether oxygens (including phenoxy) is 1. The van der Waals surface area contributed by atoms with Crippen LogP contribution in [0.5, 0.6) is 0 Å². The molecule has 0 bridgehead atoms. The van der Waals surface area contributed by atoms with Crippen LogP contribution in [0.3, 0.4) is 0 Å². The van der Waals surface area contributed by atoms with Crippen molar-refractivity contribution in [3.05, 3.63) is 0 Å². The Morgan fingerprint density at radius 3 is 2.38 bits per heavy atom. The molecule has 8 heavy (non-hydrogen) atoms. The van der Waals surface area contributed by atoms with Gasteiger partial charge in [-0.3, -0.25) is 4.79 Å². The van der Waals surface area contributed by atoms with E-state index < -0.39 is 0 Å². The molecule has 0 spiro atoms. The zero-order valence-corrected chi connectivity index (χ0v) is 5.07. The fourth-order valence-electron chi connectivity index (χ4n) is 0.207. The predicted octanol–water partition coefficient (Wildman–Crippen LogP) is -0.169. The van der Waals surface area contributed by atoms with Gasteiger partial charge in [0.25, 0.3) is 0 Å². The van der Waals surface area contributed by atoms with E-state index in [4.69, 9.17) is 0 Å². The van der Waals surface area contributed by atoms with E-state index in [1.54, 1.807) is 6.92 Å². The summed E-state index contributed by atoms with van der Waals surface area (Å²) in [4.78, 5) is 10.1. The van der Waals surface area contributed by atoms with Crippen molar-refractivity contribution < 1.29 is 9.53 Å². The molecule has 44 valence electrons. The van der Waals surface area contributed by atoms with Crippen LogP contribution in [0, 0.1) is 0 Å². The van der Waals surface area contributed by atoms with Gasteiger partial charge in [-0.1, -0.05) is 0 Å². The van der Waals surface area contributed by atoms with Gasteiger partial charge in [-0.25, -0.2) is 0 Å². The quantitative estimate of drug-likeness (QED) is 0.317. The fourth-order valence-corrected chi connectivity index (χ4v) is 0.298. The predicted molar refractivity (Wildman–Crippen MR) is 37.6 cm³/mol. The second-order valence-electron chi connectivity index (χ2n) is 0.963. The van der Waals surface area contributed by atoms with Crippen molar-refractivity contribution in [2.45, 2.75) is 6.92 Å². The molecule has 0 atom stereocenters. The number of hydrogen-bond donors (Lipinski definition) is 1. The topological polar surface area (TPSA) is 26.3 Å². The maximum atomic E-state index is 10.1. The maximum absolute atomic E-state index is 10.1. The molecular formula is C4H9LiO2S. The Labute approximate surface area is 66.6 Å². The van der Waals surface area contributed by atoms with Crippen LogP contribution in [0.4, 0.5) is 0 Å². The van der Waals surface area contributed by atoms with Gasteiger partial charge in [0.15, 0.2) is 0 Å². The first kappa shape index (κ1) is 11.2. The zero-order chi connectivity index (χ0) is 5.70. The molecule has 0 N–H and O–H groups in total. The van der Waals surface area contributed by atoms with E-state index in [1.807, 2.05) is 0 Å². The van der Waals surface area contributed by atoms with E-state index in [0.29, 0.717) is 6.61 Å². The zero-order valence-electron chi connectivity index (χ0n) is 4.18. The van der Waals surface area contributed by atoms with Crippen LogP contribution in [0.15, 0.2) is 0 Å². The van der Waals surface area contributed by atoms with Gasteiger partial charge in [0.1, 0.15) is 0 Å². The summed E-state index contributed by atoms with van der Waals surface area (Å²) >= 11 is 3.67. The minimum absolute atomic E-state index is 0. The molecule has 0 aromatic rings. The van der Waals surface area contributed by atoms with Crippen molar-refractivity contribution >= 4 is 37.5 Å². The average molecular weight is 128 g/mol. The van der Waals surface area contributed by atoms with E-state index in [1.165, 1.54) is 0 Å². The van der Waals surface area contributed by atoms with Crippen LogP contribution in [-0.2, 0) is 9.53 Å². The summed E-state index contributed by atoms with van der Waals surface area (Å²) in [6, 6.07) is 0.